The number of nitrogens with two attached hydrogens (primary N) is 1. The van der Waals surface area contributed by atoms with Crippen LogP contribution in [-0.4, -0.2) is 23.7 Å². The summed E-state index contributed by atoms with van der Waals surface area (Å²) in [6.45, 7) is 2.01. The second-order valence-electron chi connectivity index (χ2n) is 4.42. The summed E-state index contributed by atoms with van der Waals surface area (Å²) in [7, 11) is 0. The predicted molar refractivity (Wildman–Crippen MR) is 69.9 cm³/mol. The van der Waals surface area contributed by atoms with Crippen LogP contribution in [0.5, 0.6) is 0 Å². The molecular weight excluding hydrogens is 289 g/mol. The van der Waals surface area contributed by atoms with Gasteiger partial charge >= 0.3 is 6.18 Å². The number of amides is 1. The Morgan fingerprint density at radius 1 is 1.33 bits per heavy atom. The van der Waals surface area contributed by atoms with Crippen molar-refractivity contribution in [3.63, 3.8) is 0 Å². The highest BCUT2D eigenvalue weighted by Crippen LogP contribution is 2.28. The van der Waals surface area contributed by atoms with Gasteiger partial charge in [0.2, 0.25) is 0 Å². The maximum absolute atomic E-state index is 12.9. The first-order chi connectivity index (χ1) is 9.79. The number of carbonyl (C=O) groups is 1. The first kappa shape index (κ1) is 17.2. The van der Waals surface area contributed by atoms with Crippen molar-refractivity contribution in [3.05, 3.63) is 33.7 Å². The lowest BCUT2D eigenvalue weighted by Gasteiger charge is -2.16. The molecule has 0 aromatic carbocycles. The summed E-state index contributed by atoms with van der Waals surface area (Å²) >= 11 is 0. The number of primary amides is 1. The van der Waals surface area contributed by atoms with Crippen molar-refractivity contribution >= 4 is 5.91 Å². The third kappa shape index (κ3) is 4.59. The number of nitrogens with zero attached hydrogens (tertiary/aromatic N) is 1. The van der Waals surface area contributed by atoms with E-state index >= 15 is 0 Å². The van der Waals surface area contributed by atoms with Crippen LogP contribution in [0, 0.1) is 0 Å². The molecule has 21 heavy (non-hydrogen) atoms. The van der Waals surface area contributed by atoms with Gasteiger partial charge in [-0.25, -0.2) is 0 Å². The number of halogens is 3. The van der Waals surface area contributed by atoms with E-state index in [9.17, 15) is 22.8 Å². The van der Waals surface area contributed by atoms with Gasteiger partial charge in [-0.15, -0.1) is 0 Å². The Hall–Kier alpha value is -1.83. The van der Waals surface area contributed by atoms with E-state index in [1.165, 1.54) is 0 Å². The van der Waals surface area contributed by atoms with Gasteiger partial charge in [0.1, 0.15) is 11.3 Å². The fourth-order valence-electron chi connectivity index (χ4n) is 1.74. The summed E-state index contributed by atoms with van der Waals surface area (Å²) in [5.74, 6) is -1.06. The van der Waals surface area contributed by atoms with E-state index in [4.69, 9.17) is 10.5 Å². The average Bonchev–Trinajstić information content (AvgIpc) is 2.38. The minimum absolute atomic E-state index is 0.0504. The standard InChI is InChI=1S/C13H17F3N2O3/c1-2-3-7-21-8-6-18-10(13(14,15)16)5-4-9(11(17)19)12(18)20/h4-5H,2-3,6-8H2,1H3,(H2,17,19). The van der Waals surface area contributed by atoms with Crippen molar-refractivity contribution in [1.29, 1.82) is 0 Å². The number of carbonyl (C=O) groups excluding carboxylic acids is 1. The molecule has 0 radical (unpaired) electrons. The lowest BCUT2D eigenvalue weighted by molar-refractivity contribution is -0.144. The summed E-state index contributed by atoms with van der Waals surface area (Å²) < 4.78 is 44.3. The van der Waals surface area contributed by atoms with Crippen LogP contribution in [0.15, 0.2) is 16.9 Å². The Morgan fingerprint density at radius 3 is 2.52 bits per heavy atom. The van der Waals surface area contributed by atoms with E-state index in [2.05, 4.69) is 0 Å². The highest BCUT2D eigenvalue weighted by Gasteiger charge is 2.35. The average molecular weight is 306 g/mol. The summed E-state index contributed by atoms with van der Waals surface area (Å²) in [5, 5.41) is 0. The van der Waals surface area contributed by atoms with Crippen LogP contribution in [0.4, 0.5) is 13.2 Å². The number of alkyl halides is 3. The molecule has 1 aromatic rings. The van der Waals surface area contributed by atoms with Crippen LogP contribution in [0.25, 0.3) is 0 Å². The Morgan fingerprint density at radius 2 is 2.00 bits per heavy atom. The predicted octanol–water partition coefficient (Wildman–Crippen LogP) is 1.78. The molecule has 0 fully saturated rings. The van der Waals surface area contributed by atoms with Gasteiger partial charge < -0.3 is 15.0 Å². The zero-order valence-electron chi connectivity index (χ0n) is 11.6. The molecule has 1 rings (SSSR count). The van der Waals surface area contributed by atoms with Crippen molar-refractivity contribution in [2.75, 3.05) is 13.2 Å². The van der Waals surface area contributed by atoms with Crippen molar-refractivity contribution in [2.45, 2.75) is 32.5 Å². The molecule has 0 atom stereocenters. The van der Waals surface area contributed by atoms with Crippen LogP contribution >= 0.6 is 0 Å². The number of hydrogen-bond donors (Lipinski definition) is 1. The van der Waals surface area contributed by atoms with Crippen molar-refractivity contribution in [2.24, 2.45) is 5.73 Å². The lowest BCUT2D eigenvalue weighted by atomic mass is 10.2. The van der Waals surface area contributed by atoms with Gasteiger partial charge in [-0.05, 0) is 18.6 Å². The molecule has 0 aliphatic carbocycles. The van der Waals surface area contributed by atoms with Crippen LogP contribution in [0.1, 0.15) is 35.8 Å². The minimum Gasteiger partial charge on any atom is -0.380 e. The van der Waals surface area contributed by atoms with Crippen molar-refractivity contribution in [3.8, 4) is 0 Å². The van der Waals surface area contributed by atoms with Crippen molar-refractivity contribution < 1.29 is 22.7 Å². The first-order valence-electron chi connectivity index (χ1n) is 6.47. The van der Waals surface area contributed by atoms with Gasteiger partial charge in [-0.1, -0.05) is 13.3 Å². The maximum atomic E-state index is 12.9. The topological polar surface area (TPSA) is 74.3 Å². The highest BCUT2D eigenvalue weighted by atomic mass is 19.4. The highest BCUT2D eigenvalue weighted by molar-refractivity contribution is 5.92. The van der Waals surface area contributed by atoms with E-state index in [-0.39, 0.29) is 13.2 Å². The molecular formula is C13H17F3N2O3. The molecule has 0 aliphatic heterocycles. The Balaban J connectivity index is 3.04. The third-order valence-corrected chi connectivity index (χ3v) is 2.83. The first-order valence-corrected chi connectivity index (χ1v) is 6.47. The molecule has 1 aromatic heterocycles. The van der Waals surface area contributed by atoms with E-state index in [1.54, 1.807) is 0 Å². The van der Waals surface area contributed by atoms with Gasteiger partial charge in [0.25, 0.3) is 11.5 Å². The molecule has 2 N–H and O–H groups in total. The second-order valence-corrected chi connectivity index (χ2v) is 4.42. The minimum atomic E-state index is -4.70. The van der Waals surface area contributed by atoms with E-state index in [0.29, 0.717) is 17.2 Å². The van der Waals surface area contributed by atoms with E-state index < -0.39 is 28.9 Å². The molecule has 0 aliphatic rings. The van der Waals surface area contributed by atoms with Crippen LogP contribution < -0.4 is 11.3 Å². The zero-order chi connectivity index (χ0) is 16.0. The molecule has 0 bridgehead atoms. The molecule has 0 saturated heterocycles. The molecule has 8 heteroatoms. The molecule has 118 valence electrons. The number of pyridine rings is 1. The number of unbranched alkanes of at least 4 members (excludes halogenated alkanes) is 1. The number of aromatic nitrogens is 1. The fraction of sp³-hybridized carbons (Fsp3) is 0.538. The SMILES string of the molecule is CCCCOCCn1c(C(F)(F)F)ccc(C(N)=O)c1=O. The van der Waals surface area contributed by atoms with Gasteiger partial charge in [0.15, 0.2) is 0 Å². The summed E-state index contributed by atoms with van der Waals surface area (Å²) in [5.41, 5.74) is 2.31. The van der Waals surface area contributed by atoms with Gasteiger partial charge in [0.05, 0.1) is 6.61 Å². The number of ether oxygens (including phenoxy) is 1. The van der Waals surface area contributed by atoms with Gasteiger partial charge in [0, 0.05) is 13.2 Å². The molecule has 0 spiro atoms. The Labute approximate surface area is 119 Å². The molecule has 0 unspecified atom stereocenters. The Kier molecular flexibility index (Phi) is 5.95. The lowest BCUT2D eigenvalue weighted by Crippen LogP contribution is -2.34. The smallest absolute Gasteiger partial charge is 0.380 e. The summed E-state index contributed by atoms with van der Waals surface area (Å²) in [6, 6.07) is 1.47. The number of rotatable bonds is 7. The second kappa shape index (κ2) is 7.26. The monoisotopic (exact) mass is 306 g/mol. The maximum Gasteiger partial charge on any atom is 0.431 e. The van der Waals surface area contributed by atoms with E-state index in [1.807, 2.05) is 6.92 Å². The van der Waals surface area contributed by atoms with Crippen LogP contribution in [0.2, 0.25) is 0 Å². The molecule has 1 amide bonds. The molecule has 1 heterocycles. The zero-order valence-corrected chi connectivity index (χ0v) is 11.6. The molecule has 5 nitrogen and oxygen atoms in total. The van der Waals surface area contributed by atoms with E-state index in [0.717, 1.165) is 18.9 Å². The quantitative estimate of drug-likeness (QED) is 0.780. The fourth-order valence-corrected chi connectivity index (χ4v) is 1.74. The Bertz CT molecular complexity index is 553. The van der Waals surface area contributed by atoms with Crippen LogP contribution in [-0.2, 0) is 17.5 Å². The largest absolute Gasteiger partial charge is 0.431 e. The number of hydrogen-bond acceptors (Lipinski definition) is 3. The van der Waals surface area contributed by atoms with Crippen molar-refractivity contribution in [1.82, 2.24) is 4.57 Å². The summed E-state index contributed by atoms with van der Waals surface area (Å²) in [6.07, 6.45) is -3.02. The normalized spacial score (nSPS) is 11.6. The van der Waals surface area contributed by atoms with Gasteiger partial charge in [-0.2, -0.15) is 13.2 Å². The summed E-state index contributed by atoms with van der Waals surface area (Å²) in [4.78, 5) is 23.0. The molecule has 0 saturated carbocycles. The van der Waals surface area contributed by atoms with Crippen LogP contribution in [0.3, 0.4) is 0 Å². The third-order valence-electron chi connectivity index (χ3n) is 2.83. The van der Waals surface area contributed by atoms with Gasteiger partial charge in [-0.3, -0.25) is 9.59 Å².